The maximum atomic E-state index is 12.3. The van der Waals surface area contributed by atoms with Crippen molar-refractivity contribution >= 4 is 56.0 Å². The zero-order chi connectivity index (χ0) is 24.2. The third-order valence-corrected chi connectivity index (χ3v) is 5.92. The number of carbonyl (C=O) groups is 1. The van der Waals surface area contributed by atoms with Gasteiger partial charge in [-0.05, 0) is 102 Å². The third-order valence-electron chi connectivity index (χ3n) is 5.13. The van der Waals surface area contributed by atoms with Crippen LogP contribution in [0.5, 0.6) is 5.75 Å². The summed E-state index contributed by atoms with van der Waals surface area (Å²) < 4.78 is 12.3. The van der Waals surface area contributed by atoms with E-state index in [-0.39, 0.29) is 17.6 Å². The molecule has 0 bridgehead atoms. The molecule has 8 heteroatoms. The highest BCUT2D eigenvalue weighted by molar-refractivity contribution is 9.10. The molecule has 0 saturated heterocycles. The van der Waals surface area contributed by atoms with Crippen LogP contribution in [0.15, 0.2) is 63.5 Å². The minimum atomic E-state index is -0.341. The molecule has 1 heterocycles. The molecule has 0 atom stereocenters. The van der Waals surface area contributed by atoms with Crippen molar-refractivity contribution in [3.05, 3.63) is 87.2 Å². The van der Waals surface area contributed by atoms with Crippen molar-refractivity contribution in [1.82, 2.24) is 10.3 Å². The van der Waals surface area contributed by atoms with E-state index in [9.17, 15) is 4.79 Å². The largest absolute Gasteiger partial charge is 0.482 e. The Labute approximate surface area is 211 Å². The number of benzene rings is 3. The number of halogens is 1. The number of amides is 1. The Morgan fingerprint density at radius 3 is 2.56 bits per heavy atom. The first-order valence-electron chi connectivity index (χ1n) is 10.7. The van der Waals surface area contributed by atoms with E-state index in [0.29, 0.717) is 18.1 Å². The second-order valence-corrected chi connectivity index (χ2v) is 9.40. The summed E-state index contributed by atoms with van der Waals surface area (Å²) in [4.78, 5) is 16.8. The number of nitrogens with one attached hydrogen (secondary N) is 2. The highest BCUT2D eigenvalue weighted by Crippen LogP contribution is 2.30. The van der Waals surface area contributed by atoms with Gasteiger partial charge in [0.1, 0.15) is 11.3 Å². The van der Waals surface area contributed by atoms with E-state index in [1.165, 1.54) is 0 Å². The summed E-state index contributed by atoms with van der Waals surface area (Å²) in [7, 11) is 0. The summed E-state index contributed by atoms with van der Waals surface area (Å²) in [5, 5.41) is 5.86. The standard InChI is InChI=1S/C26H24BrN3O3S/c1-15-4-9-22-21(12-15)29-24(33-22)13-18-5-7-19(8-6-18)28-26(34)30-23(31)14-32-25-17(3)10-16(2)11-20(25)27/h4-12H,13-14H2,1-3H3,(H2,28,30,31,34). The molecular formula is C26H24BrN3O3S. The fourth-order valence-corrected chi connectivity index (χ4v) is 4.61. The number of aromatic nitrogens is 1. The van der Waals surface area contributed by atoms with E-state index in [2.05, 4.69) is 31.5 Å². The van der Waals surface area contributed by atoms with E-state index < -0.39 is 0 Å². The average Bonchev–Trinajstić information content (AvgIpc) is 3.15. The predicted octanol–water partition coefficient (Wildman–Crippen LogP) is 6.00. The molecule has 34 heavy (non-hydrogen) atoms. The van der Waals surface area contributed by atoms with Crippen molar-refractivity contribution in [2.45, 2.75) is 27.2 Å². The van der Waals surface area contributed by atoms with Crippen molar-refractivity contribution in [3.63, 3.8) is 0 Å². The molecule has 0 aliphatic carbocycles. The van der Waals surface area contributed by atoms with Crippen molar-refractivity contribution < 1.29 is 13.9 Å². The summed E-state index contributed by atoms with van der Waals surface area (Å²) >= 11 is 8.74. The third kappa shape index (κ3) is 6.01. The molecule has 3 aromatic carbocycles. The number of hydrogen-bond donors (Lipinski definition) is 2. The molecule has 0 unspecified atom stereocenters. The van der Waals surface area contributed by atoms with E-state index in [1.54, 1.807) is 0 Å². The van der Waals surface area contributed by atoms with Gasteiger partial charge < -0.3 is 14.5 Å². The number of oxazole rings is 1. The van der Waals surface area contributed by atoms with Gasteiger partial charge in [0, 0.05) is 12.1 Å². The second-order valence-electron chi connectivity index (χ2n) is 8.14. The summed E-state index contributed by atoms with van der Waals surface area (Å²) in [6.45, 7) is 5.82. The second kappa shape index (κ2) is 10.4. The lowest BCUT2D eigenvalue weighted by atomic mass is 10.1. The van der Waals surface area contributed by atoms with Crippen LogP contribution in [0.3, 0.4) is 0 Å². The molecule has 0 spiro atoms. The SMILES string of the molecule is Cc1cc(C)c(OCC(=O)NC(=S)Nc2ccc(Cc3nc4cc(C)ccc4o3)cc2)c(Br)c1. The van der Waals surface area contributed by atoms with Gasteiger partial charge >= 0.3 is 0 Å². The number of hydrogen-bond acceptors (Lipinski definition) is 5. The molecule has 0 saturated carbocycles. The minimum Gasteiger partial charge on any atom is -0.482 e. The Hall–Kier alpha value is -3.23. The van der Waals surface area contributed by atoms with Crippen molar-refractivity contribution in [2.75, 3.05) is 11.9 Å². The fourth-order valence-electron chi connectivity index (χ4n) is 3.59. The van der Waals surface area contributed by atoms with Gasteiger partial charge in [-0.15, -0.1) is 0 Å². The van der Waals surface area contributed by atoms with E-state index >= 15 is 0 Å². The summed E-state index contributed by atoms with van der Waals surface area (Å²) in [5.41, 5.74) is 6.68. The van der Waals surface area contributed by atoms with Gasteiger partial charge in [0.2, 0.25) is 0 Å². The van der Waals surface area contributed by atoms with Crippen molar-refractivity contribution in [3.8, 4) is 5.75 Å². The smallest absolute Gasteiger partial charge is 0.264 e. The predicted molar refractivity (Wildman–Crippen MR) is 141 cm³/mol. The van der Waals surface area contributed by atoms with Gasteiger partial charge in [-0.2, -0.15) is 0 Å². The van der Waals surface area contributed by atoms with Crippen molar-refractivity contribution in [2.24, 2.45) is 0 Å². The molecule has 0 aliphatic heterocycles. The van der Waals surface area contributed by atoms with Crippen LogP contribution in [0.25, 0.3) is 11.1 Å². The Kier molecular flexibility index (Phi) is 7.29. The molecule has 0 fully saturated rings. The first-order chi connectivity index (χ1) is 16.3. The molecule has 4 rings (SSSR count). The average molecular weight is 538 g/mol. The Morgan fingerprint density at radius 1 is 1.06 bits per heavy atom. The first kappa shape index (κ1) is 23.9. The Bertz CT molecular complexity index is 1340. The number of ether oxygens (including phenoxy) is 1. The summed E-state index contributed by atoms with van der Waals surface area (Å²) in [5.74, 6) is 0.969. The normalized spacial score (nSPS) is 10.8. The number of anilines is 1. The van der Waals surface area contributed by atoms with Crippen LogP contribution in [0.2, 0.25) is 0 Å². The van der Waals surface area contributed by atoms with Gasteiger partial charge in [-0.25, -0.2) is 4.98 Å². The van der Waals surface area contributed by atoms with E-state index in [4.69, 9.17) is 21.4 Å². The van der Waals surface area contributed by atoms with Gasteiger partial charge in [-0.3, -0.25) is 10.1 Å². The molecule has 2 N–H and O–H groups in total. The fraction of sp³-hybridized carbons (Fsp3) is 0.192. The van der Waals surface area contributed by atoms with E-state index in [1.807, 2.05) is 75.4 Å². The van der Waals surface area contributed by atoms with Gasteiger partial charge in [0.05, 0.1) is 4.47 Å². The number of rotatable bonds is 6. The van der Waals surface area contributed by atoms with Gasteiger partial charge in [0.15, 0.2) is 23.2 Å². The molecule has 4 aromatic rings. The maximum absolute atomic E-state index is 12.3. The number of thiocarbonyl (C=S) groups is 1. The van der Waals surface area contributed by atoms with E-state index in [0.717, 1.165) is 43.5 Å². The molecule has 0 aliphatic rings. The van der Waals surface area contributed by atoms with Crippen molar-refractivity contribution in [1.29, 1.82) is 0 Å². The molecule has 174 valence electrons. The molecular weight excluding hydrogens is 514 g/mol. The highest BCUT2D eigenvalue weighted by atomic mass is 79.9. The Balaban J connectivity index is 1.28. The van der Waals surface area contributed by atoms with Crippen LogP contribution in [0, 0.1) is 20.8 Å². The number of fused-ring (bicyclic) bond motifs is 1. The minimum absolute atomic E-state index is 0.146. The van der Waals surface area contributed by atoms with Crippen LogP contribution in [0.4, 0.5) is 5.69 Å². The van der Waals surface area contributed by atoms with Gasteiger partial charge in [0.25, 0.3) is 5.91 Å². The zero-order valence-electron chi connectivity index (χ0n) is 19.1. The number of carbonyl (C=O) groups excluding carboxylic acids is 1. The quantitative estimate of drug-likeness (QED) is 0.294. The highest BCUT2D eigenvalue weighted by Gasteiger charge is 2.11. The van der Waals surface area contributed by atoms with Gasteiger partial charge in [-0.1, -0.05) is 24.3 Å². The first-order valence-corrected chi connectivity index (χ1v) is 11.9. The van der Waals surface area contributed by atoms with Crippen LogP contribution in [-0.2, 0) is 11.2 Å². The van der Waals surface area contributed by atoms with Crippen LogP contribution in [-0.4, -0.2) is 22.6 Å². The van der Waals surface area contributed by atoms with Crippen LogP contribution in [0.1, 0.15) is 28.1 Å². The summed E-state index contributed by atoms with van der Waals surface area (Å²) in [6.07, 6.45) is 0.584. The topological polar surface area (TPSA) is 76.4 Å². The lowest BCUT2D eigenvalue weighted by Crippen LogP contribution is -2.37. The lowest BCUT2D eigenvalue weighted by molar-refractivity contribution is -0.121. The van der Waals surface area contributed by atoms with Crippen LogP contribution < -0.4 is 15.4 Å². The monoisotopic (exact) mass is 537 g/mol. The molecule has 1 amide bonds. The zero-order valence-corrected chi connectivity index (χ0v) is 21.5. The number of nitrogens with zero attached hydrogens (tertiary/aromatic N) is 1. The molecule has 6 nitrogen and oxygen atoms in total. The van der Waals surface area contributed by atoms with Crippen LogP contribution >= 0.6 is 28.1 Å². The lowest BCUT2D eigenvalue weighted by Gasteiger charge is -2.13. The number of aryl methyl sites for hydroxylation is 3. The molecule has 1 aromatic heterocycles. The Morgan fingerprint density at radius 2 is 1.82 bits per heavy atom. The summed E-state index contributed by atoms with van der Waals surface area (Å²) in [6, 6.07) is 17.6. The molecule has 0 radical (unpaired) electrons. The maximum Gasteiger partial charge on any atom is 0.264 e.